The molecular formula is C15H22N2O3. The lowest BCUT2D eigenvalue weighted by Crippen LogP contribution is -2.42. The second-order valence-electron chi connectivity index (χ2n) is 4.98. The molecule has 0 spiro atoms. The molecule has 0 aromatic heterocycles. The molecule has 0 aliphatic rings. The first kappa shape index (κ1) is 16.2. The van der Waals surface area contributed by atoms with Crippen LogP contribution in [0.4, 0.5) is 0 Å². The van der Waals surface area contributed by atoms with Gasteiger partial charge in [-0.15, -0.1) is 0 Å². The summed E-state index contributed by atoms with van der Waals surface area (Å²) in [4.78, 5) is 25.4. The average Bonchev–Trinajstić information content (AvgIpc) is 2.44. The first-order valence-electron chi connectivity index (χ1n) is 6.63. The molecule has 0 heterocycles. The van der Waals surface area contributed by atoms with Crippen LogP contribution in [0.3, 0.4) is 0 Å². The van der Waals surface area contributed by atoms with Crippen LogP contribution in [0, 0.1) is 0 Å². The predicted molar refractivity (Wildman–Crippen MR) is 77.1 cm³/mol. The van der Waals surface area contributed by atoms with Crippen molar-refractivity contribution < 1.29 is 14.3 Å². The van der Waals surface area contributed by atoms with Gasteiger partial charge in [-0.25, -0.2) is 4.79 Å². The molecule has 0 radical (unpaired) electrons. The van der Waals surface area contributed by atoms with Crippen molar-refractivity contribution in [3.63, 3.8) is 0 Å². The summed E-state index contributed by atoms with van der Waals surface area (Å²) in [5, 5.41) is 0. The van der Waals surface area contributed by atoms with Crippen molar-refractivity contribution in [1.29, 1.82) is 0 Å². The maximum absolute atomic E-state index is 12.3. The molecule has 0 aliphatic heterocycles. The number of rotatable bonds is 5. The average molecular weight is 278 g/mol. The molecule has 1 atom stereocenters. The fourth-order valence-corrected chi connectivity index (χ4v) is 1.65. The Morgan fingerprint density at radius 3 is 2.20 bits per heavy atom. The van der Waals surface area contributed by atoms with E-state index in [-0.39, 0.29) is 12.0 Å². The monoisotopic (exact) mass is 278 g/mol. The van der Waals surface area contributed by atoms with Crippen molar-refractivity contribution in [3.8, 4) is 0 Å². The Balaban J connectivity index is 2.76. The quantitative estimate of drug-likeness (QED) is 0.830. The number of ether oxygens (including phenoxy) is 1. The fraction of sp³-hybridized carbons (Fsp3) is 0.467. The number of carbonyl (C=O) groups excluding carboxylic acids is 2. The Hall–Kier alpha value is -1.88. The third-order valence-corrected chi connectivity index (χ3v) is 3.03. The van der Waals surface area contributed by atoms with E-state index in [0.29, 0.717) is 12.1 Å². The standard InChI is InChI=1S/C15H22N2O3/c1-10(2)20-15(19)11(3)17(4)14(18)13-7-5-12(9-16)6-8-13/h5-8,10-11H,9,16H2,1-4H3. The largest absolute Gasteiger partial charge is 0.461 e. The minimum atomic E-state index is -0.626. The van der Waals surface area contributed by atoms with Crippen molar-refractivity contribution in [2.45, 2.75) is 39.5 Å². The molecule has 1 unspecified atom stereocenters. The zero-order valence-electron chi connectivity index (χ0n) is 12.4. The molecule has 0 bridgehead atoms. The summed E-state index contributed by atoms with van der Waals surface area (Å²) >= 11 is 0. The molecule has 1 rings (SSSR count). The molecule has 0 saturated carbocycles. The third-order valence-electron chi connectivity index (χ3n) is 3.03. The number of carbonyl (C=O) groups is 2. The number of nitrogens with zero attached hydrogens (tertiary/aromatic N) is 1. The van der Waals surface area contributed by atoms with Gasteiger partial charge < -0.3 is 15.4 Å². The van der Waals surface area contributed by atoms with Gasteiger partial charge in [0.05, 0.1) is 6.10 Å². The van der Waals surface area contributed by atoms with Crippen molar-refractivity contribution in [2.75, 3.05) is 7.05 Å². The van der Waals surface area contributed by atoms with E-state index in [1.165, 1.54) is 4.90 Å². The van der Waals surface area contributed by atoms with Gasteiger partial charge in [-0.05, 0) is 38.5 Å². The summed E-state index contributed by atoms with van der Waals surface area (Å²) in [7, 11) is 1.59. The van der Waals surface area contributed by atoms with Gasteiger partial charge in [0.25, 0.3) is 5.91 Å². The molecule has 110 valence electrons. The van der Waals surface area contributed by atoms with Gasteiger partial charge in [-0.1, -0.05) is 12.1 Å². The molecule has 5 nitrogen and oxygen atoms in total. The van der Waals surface area contributed by atoms with Crippen LogP contribution in [0.1, 0.15) is 36.7 Å². The van der Waals surface area contributed by atoms with Gasteiger partial charge in [-0.3, -0.25) is 4.79 Å². The van der Waals surface area contributed by atoms with Crippen molar-refractivity contribution in [2.24, 2.45) is 5.73 Å². The third kappa shape index (κ3) is 4.06. The van der Waals surface area contributed by atoms with Crippen LogP contribution >= 0.6 is 0 Å². The summed E-state index contributed by atoms with van der Waals surface area (Å²) in [6.45, 7) is 5.63. The fourth-order valence-electron chi connectivity index (χ4n) is 1.65. The molecule has 1 aromatic rings. The van der Waals surface area contributed by atoms with Crippen LogP contribution in [0.25, 0.3) is 0 Å². The van der Waals surface area contributed by atoms with E-state index >= 15 is 0 Å². The Bertz CT molecular complexity index is 469. The molecule has 1 amide bonds. The smallest absolute Gasteiger partial charge is 0.328 e. The summed E-state index contributed by atoms with van der Waals surface area (Å²) in [6, 6.07) is 6.40. The van der Waals surface area contributed by atoms with Crippen LogP contribution in [0.15, 0.2) is 24.3 Å². The molecule has 1 aromatic carbocycles. The lowest BCUT2D eigenvalue weighted by molar-refractivity contribution is -0.151. The zero-order chi connectivity index (χ0) is 15.3. The zero-order valence-corrected chi connectivity index (χ0v) is 12.4. The maximum Gasteiger partial charge on any atom is 0.328 e. The normalized spacial score (nSPS) is 12.1. The highest BCUT2D eigenvalue weighted by molar-refractivity contribution is 5.96. The van der Waals surface area contributed by atoms with Gasteiger partial charge in [0, 0.05) is 19.2 Å². The van der Waals surface area contributed by atoms with Gasteiger partial charge in [0.15, 0.2) is 0 Å². The molecule has 0 fully saturated rings. The van der Waals surface area contributed by atoms with Crippen LogP contribution in [0.5, 0.6) is 0 Å². The second-order valence-corrected chi connectivity index (χ2v) is 4.98. The number of amides is 1. The van der Waals surface area contributed by atoms with Gasteiger partial charge in [0.1, 0.15) is 6.04 Å². The first-order chi connectivity index (χ1) is 9.36. The van der Waals surface area contributed by atoms with Crippen LogP contribution in [0.2, 0.25) is 0 Å². The topological polar surface area (TPSA) is 72.6 Å². The summed E-state index contributed by atoms with van der Waals surface area (Å²) in [5.74, 6) is -0.629. The highest BCUT2D eigenvalue weighted by Crippen LogP contribution is 2.10. The van der Waals surface area contributed by atoms with Crippen LogP contribution in [-0.4, -0.2) is 36.0 Å². The van der Waals surface area contributed by atoms with E-state index in [9.17, 15) is 9.59 Å². The lowest BCUT2D eigenvalue weighted by atomic mass is 10.1. The van der Waals surface area contributed by atoms with E-state index in [1.807, 2.05) is 0 Å². The molecule has 0 saturated heterocycles. The number of hydrogen-bond donors (Lipinski definition) is 1. The highest BCUT2D eigenvalue weighted by atomic mass is 16.5. The van der Waals surface area contributed by atoms with E-state index < -0.39 is 12.0 Å². The van der Waals surface area contributed by atoms with Crippen LogP contribution < -0.4 is 5.73 Å². The number of benzene rings is 1. The molecule has 20 heavy (non-hydrogen) atoms. The Labute approximate surface area is 119 Å². The maximum atomic E-state index is 12.3. The van der Waals surface area contributed by atoms with Gasteiger partial charge in [-0.2, -0.15) is 0 Å². The minimum Gasteiger partial charge on any atom is -0.461 e. The van der Waals surface area contributed by atoms with Crippen molar-refractivity contribution in [1.82, 2.24) is 4.90 Å². The summed E-state index contributed by atoms with van der Waals surface area (Å²) in [6.07, 6.45) is -0.197. The highest BCUT2D eigenvalue weighted by Gasteiger charge is 2.25. The van der Waals surface area contributed by atoms with Crippen molar-refractivity contribution >= 4 is 11.9 Å². The number of esters is 1. The Kier molecular flexibility index (Phi) is 5.70. The van der Waals surface area contributed by atoms with E-state index in [4.69, 9.17) is 10.5 Å². The van der Waals surface area contributed by atoms with Crippen LogP contribution in [-0.2, 0) is 16.1 Å². The van der Waals surface area contributed by atoms with Gasteiger partial charge >= 0.3 is 5.97 Å². The van der Waals surface area contributed by atoms with E-state index in [2.05, 4.69) is 0 Å². The molecular weight excluding hydrogens is 256 g/mol. The summed E-state index contributed by atoms with van der Waals surface area (Å²) in [5.41, 5.74) is 6.99. The minimum absolute atomic E-state index is 0.197. The first-order valence-corrected chi connectivity index (χ1v) is 6.63. The van der Waals surface area contributed by atoms with Crippen molar-refractivity contribution in [3.05, 3.63) is 35.4 Å². The summed E-state index contributed by atoms with van der Waals surface area (Å²) < 4.78 is 5.11. The Morgan fingerprint density at radius 1 is 1.20 bits per heavy atom. The molecule has 2 N–H and O–H groups in total. The number of likely N-dealkylation sites (N-methyl/N-ethyl adjacent to an activating group) is 1. The van der Waals surface area contributed by atoms with E-state index in [0.717, 1.165) is 5.56 Å². The second kappa shape index (κ2) is 7.05. The Morgan fingerprint density at radius 2 is 1.75 bits per heavy atom. The van der Waals surface area contributed by atoms with Gasteiger partial charge in [0.2, 0.25) is 0 Å². The number of nitrogens with two attached hydrogens (primary N) is 1. The van der Waals surface area contributed by atoms with E-state index in [1.54, 1.807) is 52.1 Å². The predicted octanol–water partition coefficient (Wildman–Crippen LogP) is 1.56. The molecule has 0 aliphatic carbocycles. The number of hydrogen-bond acceptors (Lipinski definition) is 4. The molecule has 5 heteroatoms. The lowest BCUT2D eigenvalue weighted by Gasteiger charge is -2.24. The SMILES string of the molecule is CC(C)OC(=O)C(C)N(C)C(=O)c1ccc(CN)cc1.